The molecule has 1 aliphatic rings. The molecule has 0 saturated carbocycles. The Morgan fingerprint density at radius 1 is 1.38 bits per heavy atom. The number of rotatable bonds is 1. The molecule has 0 aliphatic carbocycles. The zero-order chi connectivity index (χ0) is 9.68. The Morgan fingerprint density at radius 3 is 2.54 bits per heavy atom. The maximum absolute atomic E-state index is 11.3. The number of urea groups is 1. The van der Waals surface area contributed by atoms with Crippen molar-refractivity contribution in [3.8, 4) is 0 Å². The first-order valence-electron chi connectivity index (χ1n) is 3.84. The van der Waals surface area contributed by atoms with Crippen LogP contribution in [0.25, 0.3) is 0 Å². The number of carbonyl (C=O) groups excluding carboxylic acids is 1. The van der Waals surface area contributed by atoms with Gasteiger partial charge >= 0.3 is 6.03 Å². The molecule has 4 nitrogen and oxygen atoms in total. The molecule has 1 N–H and O–H groups in total. The standard InChI is InChI=1S/C7H10Cl2N2O2/c8-6(9)5-10-7(12)11-1-3-13-4-2-11/h5H,1-4H2,(H,10,12). The van der Waals surface area contributed by atoms with Crippen LogP contribution in [-0.4, -0.2) is 37.2 Å². The van der Waals surface area contributed by atoms with Crippen molar-refractivity contribution >= 4 is 29.2 Å². The molecule has 0 radical (unpaired) electrons. The second-order valence-corrected chi connectivity index (χ2v) is 3.49. The van der Waals surface area contributed by atoms with Crippen LogP contribution in [0, 0.1) is 0 Å². The molecular weight excluding hydrogens is 215 g/mol. The van der Waals surface area contributed by atoms with E-state index in [4.69, 9.17) is 27.9 Å². The highest BCUT2D eigenvalue weighted by molar-refractivity contribution is 6.55. The van der Waals surface area contributed by atoms with Gasteiger partial charge in [0.25, 0.3) is 0 Å². The summed E-state index contributed by atoms with van der Waals surface area (Å²) in [5.74, 6) is 0. The molecule has 1 rings (SSSR count). The summed E-state index contributed by atoms with van der Waals surface area (Å²) in [6.45, 7) is 2.34. The topological polar surface area (TPSA) is 41.6 Å². The third-order valence-electron chi connectivity index (χ3n) is 1.60. The first-order valence-corrected chi connectivity index (χ1v) is 4.60. The van der Waals surface area contributed by atoms with Gasteiger partial charge in [-0.2, -0.15) is 0 Å². The second-order valence-electron chi connectivity index (χ2n) is 2.48. The summed E-state index contributed by atoms with van der Waals surface area (Å²) in [5, 5.41) is 2.46. The number of morpholine rings is 1. The average molecular weight is 225 g/mol. The molecule has 0 aromatic heterocycles. The second kappa shape index (κ2) is 5.32. The van der Waals surface area contributed by atoms with E-state index < -0.39 is 0 Å². The van der Waals surface area contributed by atoms with Crippen molar-refractivity contribution in [3.63, 3.8) is 0 Å². The fourth-order valence-electron chi connectivity index (χ4n) is 0.974. The van der Waals surface area contributed by atoms with E-state index in [1.807, 2.05) is 0 Å². The zero-order valence-corrected chi connectivity index (χ0v) is 8.44. The molecule has 1 heterocycles. The molecule has 0 atom stereocenters. The minimum atomic E-state index is -0.206. The van der Waals surface area contributed by atoms with E-state index >= 15 is 0 Å². The number of nitrogens with one attached hydrogen (secondary N) is 1. The molecule has 0 bridgehead atoms. The van der Waals surface area contributed by atoms with Gasteiger partial charge in [0.2, 0.25) is 0 Å². The number of amides is 2. The van der Waals surface area contributed by atoms with E-state index in [1.54, 1.807) is 4.90 Å². The minimum absolute atomic E-state index is 0.0293. The lowest BCUT2D eigenvalue weighted by molar-refractivity contribution is 0.0540. The molecule has 0 unspecified atom stereocenters. The molecular formula is C7H10Cl2N2O2. The number of hydrogen-bond acceptors (Lipinski definition) is 2. The number of hydrogen-bond donors (Lipinski definition) is 1. The van der Waals surface area contributed by atoms with Gasteiger partial charge in [-0.1, -0.05) is 23.2 Å². The van der Waals surface area contributed by atoms with Gasteiger partial charge in [0.15, 0.2) is 0 Å². The van der Waals surface area contributed by atoms with Crippen molar-refractivity contribution in [1.82, 2.24) is 10.2 Å². The molecule has 1 aliphatic heterocycles. The fourth-order valence-corrected chi connectivity index (χ4v) is 1.08. The Kier molecular flexibility index (Phi) is 4.35. The number of carbonyl (C=O) groups is 1. The van der Waals surface area contributed by atoms with Crippen LogP contribution < -0.4 is 5.32 Å². The summed E-state index contributed by atoms with van der Waals surface area (Å²) < 4.78 is 5.12. The van der Waals surface area contributed by atoms with Crippen LogP contribution in [0.2, 0.25) is 0 Å². The SMILES string of the molecule is O=C(NC=C(Cl)Cl)N1CCOCC1. The van der Waals surface area contributed by atoms with E-state index in [0.29, 0.717) is 26.3 Å². The highest BCUT2D eigenvalue weighted by Gasteiger charge is 2.15. The summed E-state index contributed by atoms with van der Waals surface area (Å²) in [6.07, 6.45) is 1.25. The van der Waals surface area contributed by atoms with Gasteiger partial charge in [-0.15, -0.1) is 0 Å². The van der Waals surface area contributed by atoms with Crippen LogP contribution in [0.3, 0.4) is 0 Å². The minimum Gasteiger partial charge on any atom is -0.378 e. The Morgan fingerprint density at radius 2 is 2.00 bits per heavy atom. The monoisotopic (exact) mass is 224 g/mol. The Bertz CT molecular complexity index is 211. The molecule has 1 saturated heterocycles. The van der Waals surface area contributed by atoms with Crippen LogP contribution >= 0.6 is 23.2 Å². The van der Waals surface area contributed by atoms with Crippen molar-refractivity contribution < 1.29 is 9.53 Å². The van der Waals surface area contributed by atoms with Gasteiger partial charge in [0.1, 0.15) is 4.49 Å². The number of ether oxygens (including phenoxy) is 1. The molecule has 0 aromatic rings. The van der Waals surface area contributed by atoms with Gasteiger partial charge in [-0.25, -0.2) is 4.79 Å². The molecule has 2 amide bonds. The van der Waals surface area contributed by atoms with Crippen molar-refractivity contribution in [3.05, 3.63) is 10.7 Å². The molecule has 0 aromatic carbocycles. The molecule has 0 spiro atoms. The summed E-state index contributed by atoms with van der Waals surface area (Å²) >= 11 is 10.7. The smallest absolute Gasteiger partial charge is 0.321 e. The van der Waals surface area contributed by atoms with E-state index in [9.17, 15) is 4.79 Å². The van der Waals surface area contributed by atoms with Crippen LogP contribution in [-0.2, 0) is 4.74 Å². The lowest BCUT2D eigenvalue weighted by atomic mass is 10.4. The third-order valence-corrected chi connectivity index (χ3v) is 1.82. The van der Waals surface area contributed by atoms with Crippen molar-refractivity contribution in [2.45, 2.75) is 0 Å². The zero-order valence-electron chi connectivity index (χ0n) is 6.93. The first-order chi connectivity index (χ1) is 6.20. The van der Waals surface area contributed by atoms with Crippen molar-refractivity contribution in [2.75, 3.05) is 26.3 Å². The average Bonchev–Trinajstić information content (AvgIpc) is 2.15. The highest BCUT2D eigenvalue weighted by atomic mass is 35.5. The van der Waals surface area contributed by atoms with Gasteiger partial charge < -0.3 is 15.0 Å². The van der Waals surface area contributed by atoms with Gasteiger partial charge in [0.05, 0.1) is 13.2 Å². The van der Waals surface area contributed by atoms with Crippen LogP contribution in [0.1, 0.15) is 0 Å². The van der Waals surface area contributed by atoms with E-state index in [-0.39, 0.29) is 10.5 Å². The highest BCUT2D eigenvalue weighted by Crippen LogP contribution is 2.04. The van der Waals surface area contributed by atoms with Gasteiger partial charge in [-0.05, 0) is 0 Å². The first kappa shape index (κ1) is 10.6. The fraction of sp³-hybridized carbons (Fsp3) is 0.571. The summed E-state index contributed by atoms with van der Waals surface area (Å²) in [4.78, 5) is 12.9. The quantitative estimate of drug-likeness (QED) is 0.730. The lowest BCUT2D eigenvalue weighted by Gasteiger charge is -2.26. The molecule has 1 fully saturated rings. The maximum Gasteiger partial charge on any atom is 0.321 e. The number of nitrogens with zero attached hydrogens (tertiary/aromatic N) is 1. The largest absolute Gasteiger partial charge is 0.378 e. The van der Waals surface area contributed by atoms with E-state index in [0.717, 1.165) is 0 Å². The summed E-state index contributed by atoms with van der Waals surface area (Å²) in [7, 11) is 0. The van der Waals surface area contributed by atoms with Crippen molar-refractivity contribution in [1.29, 1.82) is 0 Å². The Labute approximate surface area is 86.4 Å². The number of halogens is 2. The van der Waals surface area contributed by atoms with Crippen LogP contribution in [0.4, 0.5) is 4.79 Å². The van der Waals surface area contributed by atoms with Gasteiger partial charge in [0, 0.05) is 19.3 Å². The van der Waals surface area contributed by atoms with Crippen molar-refractivity contribution in [2.24, 2.45) is 0 Å². The molecule has 74 valence electrons. The van der Waals surface area contributed by atoms with Crippen LogP contribution in [0.5, 0.6) is 0 Å². The van der Waals surface area contributed by atoms with Gasteiger partial charge in [-0.3, -0.25) is 0 Å². The third kappa shape index (κ3) is 3.85. The Hall–Kier alpha value is -0.450. The maximum atomic E-state index is 11.3. The van der Waals surface area contributed by atoms with E-state index in [2.05, 4.69) is 5.32 Å². The Balaban J connectivity index is 2.33. The predicted molar refractivity (Wildman–Crippen MR) is 50.7 cm³/mol. The summed E-state index contributed by atoms with van der Waals surface area (Å²) in [5.41, 5.74) is 0. The van der Waals surface area contributed by atoms with E-state index in [1.165, 1.54) is 6.20 Å². The predicted octanol–water partition coefficient (Wildman–Crippen LogP) is 1.30. The normalized spacial score (nSPS) is 16.6. The summed E-state index contributed by atoms with van der Waals surface area (Å²) in [6, 6.07) is -0.206. The van der Waals surface area contributed by atoms with Crippen LogP contribution in [0.15, 0.2) is 10.7 Å². The lowest BCUT2D eigenvalue weighted by Crippen LogP contribution is -2.44. The molecule has 6 heteroatoms. The molecule has 13 heavy (non-hydrogen) atoms.